The average Bonchev–Trinajstić information content (AvgIpc) is 2.53. The molecule has 0 aliphatic rings. The summed E-state index contributed by atoms with van der Waals surface area (Å²) in [6, 6.07) is 6.83. The smallest absolute Gasteiger partial charge is 0.178 e. The number of hydrogen-bond donors (Lipinski definition) is 1. The maximum Gasteiger partial charge on any atom is 0.178 e. The van der Waals surface area contributed by atoms with E-state index in [4.69, 9.17) is 12.2 Å². The molecule has 0 bridgehead atoms. The lowest BCUT2D eigenvalue weighted by Crippen LogP contribution is -2.07. The molecule has 0 aliphatic carbocycles. The highest BCUT2D eigenvalue weighted by molar-refractivity contribution is 7.98. The zero-order valence-corrected chi connectivity index (χ0v) is 11.4. The molecule has 2 aromatic rings. The molecule has 0 saturated heterocycles. The summed E-state index contributed by atoms with van der Waals surface area (Å²) in [5.74, 6) is 1.08. The molecule has 2 nitrogen and oxygen atoms in total. The number of fused-ring (bicyclic) bond motifs is 1. The fraction of sp³-hybridized carbons (Fsp3) is 0.417. The van der Waals surface area contributed by atoms with Crippen molar-refractivity contribution in [3.8, 4) is 0 Å². The topological polar surface area (TPSA) is 20.7 Å². The minimum absolute atomic E-state index is 0.429. The molecule has 1 unspecified atom stereocenters. The highest BCUT2D eigenvalue weighted by Gasteiger charge is 2.10. The van der Waals surface area contributed by atoms with Crippen LogP contribution in [0.4, 0.5) is 0 Å². The number of thioether (sulfide) groups is 1. The summed E-state index contributed by atoms with van der Waals surface area (Å²) in [7, 11) is 0. The molecule has 0 amide bonds. The van der Waals surface area contributed by atoms with Crippen LogP contribution in [0, 0.1) is 11.7 Å². The molecule has 86 valence electrons. The summed E-state index contributed by atoms with van der Waals surface area (Å²) >= 11 is 7.23. The van der Waals surface area contributed by atoms with E-state index in [0.29, 0.717) is 6.04 Å². The van der Waals surface area contributed by atoms with Gasteiger partial charge in [-0.25, -0.2) is 0 Å². The van der Waals surface area contributed by atoms with Gasteiger partial charge in [-0.1, -0.05) is 6.07 Å². The lowest BCUT2D eigenvalue weighted by molar-refractivity contribution is 0.620. The lowest BCUT2D eigenvalue weighted by atomic mass is 10.2. The standard InChI is InChI=1S/C12H16N2S2/c1-8-4-5-10-11(6-8)14(12(15)13-10)9(2)7-16-3/h4-6,9H,7H2,1-3H3,(H,13,15). The van der Waals surface area contributed by atoms with Gasteiger partial charge in [-0.05, 0) is 50.0 Å². The van der Waals surface area contributed by atoms with Crippen LogP contribution in [0.25, 0.3) is 11.0 Å². The van der Waals surface area contributed by atoms with Gasteiger partial charge in [0.15, 0.2) is 4.77 Å². The molecule has 1 N–H and O–H groups in total. The lowest BCUT2D eigenvalue weighted by Gasteiger charge is -2.13. The van der Waals surface area contributed by atoms with Crippen LogP contribution in [-0.2, 0) is 0 Å². The average molecular weight is 252 g/mol. The van der Waals surface area contributed by atoms with E-state index in [-0.39, 0.29) is 0 Å². The van der Waals surface area contributed by atoms with Crippen LogP contribution in [0.15, 0.2) is 18.2 Å². The second-order valence-electron chi connectivity index (χ2n) is 4.13. The number of nitrogens with one attached hydrogen (secondary N) is 1. The van der Waals surface area contributed by atoms with Gasteiger partial charge < -0.3 is 9.55 Å². The van der Waals surface area contributed by atoms with Crippen molar-refractivity contribution in [3.05, 3.63) is 28.5 Å². The highest BCUT2D eigenvalue weighted by Crippen LogP contribution is 2.22. The number of H-pyrrole nitrogens is 1. The maximum atomic E-state index is 5.38. The summed E-state index contributed by atoms with van der Waals surface area (Å²) in [4.78, 5) is 3.26. The van der Waals surface area contributed by atoms with Crippen molar-refractivity contribution in [1.82, 2.24) is 9.55 Å². The molecule has 0 radical (unpaired) electrons. The van der Waals surface area contributed by atoms with Gasteiger partial charge in [-0.3, -0.25) is 0 Å². The van der Waals surface area contributed by atoms with E-state index in [1.54, 1.807) is 0 Å². The third-order valence-corrected chi connectivity index (χ3v) is 3.84. The Hall–Kier alpha value is -0.740. The van der Waals surface area contributed by atoms with E-state index in [9.17, 15) is 0 Å². The van der Waals surface area contributed by atoms with Gasteiger partial charge in [0.05, 0.1) is 11.0 Å². The van der Waals surface area contributed by atoms with Crippen LogP contribution >= 0.6 is 24.0 Å². The first kappa shape index (κ1) is 11.7. The largest absolute Gasteiger partial charge is 0.331 e. The predicted molar refractivity (Wildman–Crippen MR) is 75.0 cm³/mol. The molecular formula is C12H16N2S2. The van der Waals surface area contributed by atoms with E-state index in [2.05, 4.69) is 47.9 Å². The van der Waals surface area contributed by atoms with Crippen molar-refractivity contribution >= 4 is 35.0 Å². The third-order valence-electron chi connectivity index (χ3n) is 2.72. The van der Waals surface area contributed by atoms with E-state index in [1.165, 1.54) is 11.1 Å². The SMILES string of the molecule is CSCC(C)n1c(=S)[nH]c2ccc(C)cc21. The van der Waals surface area contributed by atoms with Crippen molar-refractivity contribution in [2.45, 2.75) is 19.9 Å². The summed E-state index contributed by atoms with van der Waals surface area (Å²) in [5, 5.41) is 0. The normalized spacial score (nSPS) is 13.2. The first-order valence-corrected chi connectivity index (χ1v) is 7.13. The number of nitrogens with zero attached hydrogens (tertiary/aromatic N) is 1. The van der Waals surface area contributed by atoms with Gasteiger partial charge >= 0.3 is 0 Å². The second kappa shape index (κ2) is 4.63. The number of aromatic amines is 1. The van der Waals surface area contributed by atoms with Gasteiger partial charge in [0.1, 0.15) is 0 Å². The number of benzene rings is 1. The van der Waals surface area contributed by atoms with E-state index < -0.39 is 0 Å². The van der Waals surface area contributed by atoms with Crippen molar-refractivity contribution < 1.29 is 0 Å². The molecule has 0 fully saturated rings. The Morgan fingerprint density at radius 3 is 2.94 bits per heavy atom. The van der Waals surface area contributed by atoms with Gasteiger partial charge in [0.25, 0.3) is 0 Å². The Kier molecular flexibility index (Phi) is 3.40. The van der Waals surface area contributed by atoms with Gasteiger partial charge in [0, 0.05) is 11.8 Å². The summed E-state index contributed by atoms with van der Waals surface area (Å²) < 4.78 is 3.04. The first-order chi connectivity index (χ1) is 7.63. The van der Waals surface area contributed by atoms with Gasteiger partial charge in [-0.2, -0.15) is 11.8 Å². The van der Waals surface area contributed by atoms with E-state index in [0.717, 1.165) is 16.0 Å². The zero-order valence-electron chi connectivity index (χ0n) is 9.78. The van der Waals surface area contributed by atoms with Crippen LogP contribution in [0.1, 0.15) is 18.5 Å². The zero-order chi connectivity index (χ0) is 11.7. The number of imidazole rings is 1. The number of rotatable bonds is 3. The number of aromatic nitrogens is 2. The summed E-state index contributed by atoms with van der Waals surface area (Å²) in [5.41, 5.74) is 3.61. The Morgan fingerprint density at radius 1 is 1.50 bits per heavy atom. The van der Waals surface area contributed by atoms with Crippen LogP contribution in [0.3, 0.4) is 0 Å². The summed E-state index contributed by atoms with van der Waals surface area (Å²) in [6.07, 6.45) is 2.13. The Balaban J connectivity index is 2.62. The molecule has 0 aliphatic heterocycles. The fourth-order valence-corrected chi connectivity index (χ4v) is 3.00. The predicted octanol–water partition coefficient (Wildman–Crippen LogP) is 3.93. The quantitative estimate of drug-likeness (QED) is 0.835. The van der Waals surface area contributed by atoms with Gasteiger partial charge in [0.2, 0.25) is 0 Å². The van der Waals surface area contributed by atoms with Gasteiger partial charge in [-0.15, -0.1) is 0 Å². The Bertz CT molecular complexity index is 554. The monoisotopic (exact) mass is 252 g/mol. The van der Waals surface area contributed by atoms with Crippen LogP contribution in [0.2, 0.25) is 0 Å². The van der Waals surface area contributed by atoms with Crippen molar-refractivity contribution in [3.63, 3.8) is 0 Å². The number of hydrogen-bond acceptors (Lipinski definition) is 2. The molecular weight excluding hydrogens is 236 g/mol. The van der Waals surface area contributed by atoms with Crippen LogP contribution in [0.5, 0.6) is 0 Å². The second-order valence-corrected chi connectivity index (χ2v) is 5.42. The van der Waals surface area contributed by atoms with Crippen LogP contribution in [-0.4, -0.2) is 21.6 Å². The maximum absolute atomic E-state index is 5.38. The van der Waals surface area contributed by atoms with Crippen molar-refractivity contribution in [2.75, 3.05) is 12.0 Å². The molecule has 1 atom stereocenters. The van der Waals surface area contributed by atoms with Crippen molar-refractivity contribution in [1.29, 1.82) is 0 Å². The first-order valence-electron chi connectivity index (χ1n) is 5.33. The molecule has 0 saturated carbocycles. The molecule has 2 rings (SSSR count). The Morgan fingerprint density at radius 2 is 2.25 bits per heavy atom. The Labute approximate surface area is 105 Å². The van der Waals surface area contributed by atoms with Crippen LogP contribution < -0.4 is 0 Å². The van der Waals surface area contributed by atoms with Crippen molar-refractivity contribution in [2.24, 2.45) is 0 Å². The van der Waals surface area contributed by atoms with E-state index >= 15 is 0 Å². The highest BCUT2D eigenvalue weighted by atomic mass is 32.2. The molecule has 0 spiro atoms. The molecule has 1 aromatic heterocycles. The van der Waals surface area contributed by atoms with E-state index in [1.807, 2.05) is 11.8 Å². The molecule has 16 heavy (non-hydrogen) atoms. The molecule has 1 aromatic carbocycles. The third kappa shape index (κ3) is 2.04. The minimum atomic E-state index is 0.429. The molecule has 4 heteroatoms. The fourth-order valence-electron chi connectivity index (χ4n) is 1.98. The number of aryl methyl sites for hydroxylation is 1. The molecule has 1 heterocycles. The summed E-state index contributed by atoms with van der Waals surface area (Å²) in [6.45, 7) is 4.32. The minimum Gasteiger partial charge on any atom is -0.331 e.